The van der Waals surface area contributed by atoms with Gasteiger partial charge in [-0.3, -0.25) is 4.79 Å². The van der Waals surface area contributed by atoms with Gasteiger partial charge in [0.25, 0.3) is 5.91 Å². The van der Waals surface area contributed by atoms with Crippen LogP contribution in [0.1, 0.15) is 36.7 Å². The average Bonchev–Trinajstić information content (AvgIpc) is 2.81. The van der Waals surface area contributed by atoms with Gasteiger partial charge in [0, 0.05) is 18.0 Å². The van der Waals surface area contributed by atoms with E-state index in [0.717, 1.165) is 23.7 Å². The first kappa shape index (κ1) is 15.1. The molecule has 21 heavy (non-hydrogen) atoms. The molecule has 5 nitrogen and oxygen atoms in total. The molecule has 0 saturated heterocycles. The summed E-state index contributed by atoms with van der Waals surface area (Å²) in [5.41, 5.74) is 1.42. The Morgan fingerprint density at radius 3 is 2.67 bits per heavy atom. The second-order valence-corrected chi connectivity index (χ2v) is 5.15. The van der Waals surface area contributed by atoms with Gasteiger partial charge < -0.3 is 15.0 Å². The Hall–Kier alpha value is -2.30. The van der Waals surface area contributed by atoms with Gasteiger partial charge in [0.05, 0.1) is 0 Å². The zero-order valence-electron chi connectivity index (χ0n) is 12.3. The number of nitrogens with one attached hydrogen (secondary N) is 1. The fraction of sp³-hybridized carbons (Fsp3) is 0.375. The van der Waals surface area contributed by atoms with Crippen molar-refractivity contribution in [2.75, 3.05) is 0 Å². The van der Waals surface area contributed by atoms with Crippen molar-refractivity contribution in [1.82, 2.24) is 9.88 Å². The summed E-state index contributed by atoms with van der Waals surface area (Å²) in [6.07, 6.45) is 2.11. The molecule has 1 aromatic heterocycles. The number of carbonyl (C=O) groups is 2. The molecule has 112 valence electrons. The topological polar surface area (TPSA) is 71.3 Å². The number of carbonyl (C=O) groups excluding carboxylic acids is 1. The number of amides is 1. The van der Waals surface area contributed by atoms with Crippen LogP contribution in [-0.4, -0.2) is 27.6 Å². The Balaban J connectivity index is 2.21. The molecule has 0 unspecified atom stereocenters. The third-order valence-electron chi connectivity index (χ3n) is 3.63. The molecule has 0 radical (unpaired) electrons. The van der Waals surface area contributed by atoms with E-state index in [1.165, 1.54) is 0 Å². The van der Waals surface area contributed by atoms with Crippen molar-refractivity contribution < 1.29 is 14.7 Å². The number of nitrogens with zero attached hydrogens (tertiary/aromatic N) is 1. The lowest BCUT2D eigenvalue weighted by Crippen LogP contribution is -2.41. The summed E-state index contributed by atoms with van der Waals surface area (Å²) in [6.45, 7) is 1.99. The largest absolute Gasteiger partial charge is 0.480 e. The number of hydrogen-bond donors (Lipinski definition) is 2. The van der Waals surface area contributed by atoms with Gasteiger partial charge in [-0.1, -0.05) is 38.0 Å². The maximum atomic E-state index is 12.3. The predicted molar refractivity (Wildman–Crippen MR) is 81.3 cm³/mol. The number of carboxylic acids is 1. The van der Waals surface area contributed by atoms with E-state index in [1.807, 2.05) is 31.2 Å². The predicted octanol–water partition coefficient (Wildman–Crippen LogP) is 2.55. The van der Waals surface area contributed by atoms with E-state index >= 15 is 0 Å². The Bertz CT molecular complexity index is 661. The first-order valence-electron chi connectivity index (χ1n) is 7.12. The molecule has 1 heterocycles. The summed E-state index contributed by atoms with van der Waals surface area (Å²) in [5.74, 6) is -1.34. The molecule has 1 aromatic carbocycles. The Morgan fingerprint density at radius 1 is 1.33 bits per heavy atom. The number of carboxylic acid groups (broad SMARTS) is 1. The van der Waals surface area contributed by atoms with Crippen LogP contribution in [0.2, 0.25) is 0 Å². The first-order chi connectivity index (χ1) is 10.0. The average molecular weight is 288 g/mol. The Labute approximate surface area is 123 Å². The SMILES string of the molecule is CCCC[C@H](NC(=O)c1cc2ccccc2n1C)C(=O)O. The molecule has 0 spiro atoms. The van der Waals surface area contributed by atoms with Crippen LogP contribution in [0.4, 0.5) is 0 Å². The van der Waals surface area contributed by atoms with E-state index in [2.05, 4.69) is 5.32 Å². The molecule has 2 N–H and O–H groups in total. The summed E-state index contributed by atoms with van der Waals surface area (Å²) in [7, 11) is 1.80. The van der Waals surface area contributed by atoms with Gasteiger partial charge in [-0.2, -0.15) is 0 Å². The van der Waals surface area contributed by atoms with E-state index in [9.17, 15) is 14.7 Å². The normalized spacial score (nSPS) is 12.3. The highest BCUT2D eigenvalue weighted by atomic mass is 16.4. The van der Waals surface area contributed by atoms with Crippen LogP contribution >= 0.6 is 0 Å². The van der Waals surface area contributed by atoms with Crippen LogP contribution in [0.5, 0.6) is 0 Å². The van der Waals surface area contributed by atoms with Gasteiger partial charge in [0.15, 0.2) is 0 Å². The van der Waals surface area contributed by atoms with Crippen LogP contribution in [-0.2, 0) is 11.8 Å². The molecule has 1 atom stereocenters. The highest BCUT2D eigenvalue weighted by molar-refractivity contribution is 6.00. The number of rotatable bonds is 6. The minimum Gasteiger partial charge on any atom is -0.480 e. The fourth-order valence-electron chi connectivity index (χ4n) is 2.40. The standard InChI is InChI=1S/C16H20N2O3/c1-3-4-8-12(16(20)21)17-15(19)14-10-11-7-5-6-9-13(11)18(14)2/h5-7,9-10,12H,3-4,8H2,1-2H3,(H,17,19)(H,20,21)/t12-/m0/s1. The van der Waals surface area contributed by atoms with Crippen molar-refractivity contribution in [3.05, 3.63) is 36.0 Å². The van der Waals surface area contributed by atoms with E-state index in [0.29, 0.717) is 12.1 Å². The van der Waals surface area contributed by atoms with E-state index in [1.54, 1.807) is 17.7 Å². The third kappa shape index (κ3) is 3.24. The summed E-state index contributed by atoms with van der Waals surface area (Å²) in [5, 5.41) is 12.8. The molecular formula is C16H20N2O3. The summed E-state index contributed by atoms with van der Waals surface area (Å²) in [4.78, 5) is 23.5. The molecule has 2 aromatic rings. The molecule has 0 aliphatic heterocycles. The number of para-hydroxylation sites is 1. The van der Waals surface area contributed by atoms with Crippen molar-refractivity contribution in [3.63, 3.8) is 0 Å². The second kappa shape index (κ2) is 6.43. The number of aromatic nitrogens is 1. The van der Waals surface area contributed by atoms with Gasteiger partial charge in [-0.25, -0.2) is 4.79 Å². The van der Waals surface area contributed by atoms with Gasteiger partial charge in [-0.05, 0) is 18.6 Å². The van der Waals surface area contributed by atoms with Crippen LogP contribution < -0.4 is 5.32 Å². The molecule has 0 bridgehead atoms. The lowest BCUT2D eigenvalue weighted by molar-refractivity contribution is -0.139. The molecule has 0 aliphatic carbocycles. The minimum atomic E-state index is -0.990. The third-order valence-corrected chi connectivity index (χ3v) is 3.63. The maximum absolute atomic E-state index is 12.3. The number of unbranched alkanes of at least 4 members (excludes halogenated alkanes) is 1. The minimum absolute atomic E-state index is 0.350. The Kier molecular flexibility index (Phi) is 4.62. The number of benzene rings is 1. The van der Waals surface area contributed by atoms with Crippen LogP contribution in [0.3, 0.4) is 0 Å². The first-order valence-corrected chi connectivity index (χ1v) is 7.12. The van der Waals surface area contributed by atoms with Gasteiger partial charge in [0.2, 0.25) is 0 Å². The zero-order valence-corrected chi connectivity index (χ0v) is 12.3. The van der Waals surface area contributed by atoms with Crippen molar-refractivity contribution in [3.8, 4) is 0 Å². The van der Waals surface area contributed by atoms with Crippen LogP contribution in [0, 0.1) is 0 Å². The molecule has 2 rings (SSSR count). The second-order valence-electron chi connectivity index (χ2n) is 5.15. The maximum Gasteiger partial charge on any atom is 0.326 e. The van der Waals surface area contributed by atoms with Gasteiger partial charge >= 0.3 is 5.97 Å². The van der Waals surface area contributed by atoms with Gasteiger partial charge in [0.1, 0.15) is 11.7 Å². The molecule has 1 amide bonds. The van der Waals surface area contributed by atoms with Crippen molar-refractivity contribution in [1.29, 1.82) is 0 Å². The quantitative estimate of drug-likeness (QED) is 0.858. The van der Waals surface area contributed by atoms with E-state index in [-0.39, 0.29) is 5.91 Å². The highest BCUT2D eigenvalue weighted by Crippen LogP contribution is 2.18. The summed E-state index contributed by atoms with van der Waals surface area (Å²) >= 11 is 0. The highest BCUT2D eigenvalue weighted by Gasteiger charge is 2.22. The summed E-state index contributed by atoms with van der Waals surface area (Å²) < 4.78 is 1.78. The molecule has 0 saturated carbocycles. The molecular weight excluding hydrogens is 268 g/mol. The molecule has 0 fully saturated rings. The number of aliphatic carboxylic acids is 1. The van der Waals surface area contributed by atoms with Crippen molar-refractivity contribution in [2.24, 2.45) is 7.05 Å². The number of aryl methyl sites for hydroxylation is 1. The molecule has 0 aliphatic rings. The van der Waals surface area contributed by atoms with Crippen LogP contribution in [0.25, 0.3) is 10.9 Å². The monoisotopic (exact) mass is 288 g/mol. The van der Waals surface area contributed by atoms with E-state index < -0.39 is 12.0 Å². The van der Waals surface area contributed by atoms with E-state index in [4.69, 9.17) is 0 Å². The van der Waals surface area contributed by atoms with Crippen molar-refractivity contribution >= 4 is 22.8 Å². The fourth-order valence-corrected chi connectivity index (χ4v) is 2.40. The van der Waals surface area contributed by atoms with Crippen LogP contribution in [0.15, 0.2) is 30.3 Å². The van der Waals surface area contributed by atoms with Crippen molar-refractivity contribution in [2.45, 2.75) is 32.2 Å². The molecule has 5 heteroatoms. The van der Waals surface area contributed by atoms with Gasteiger partial charge in [-0.15, -0.1) is 0 Å². The smallest absolute Gasteiger partial charge is 0.326 e. The lowest BCUT2D eigenvalue weighted by Gasteiger charge is -2.14. The number of fused-ring (bicyclic) bond motifs is 1. The lowest BCUT2D eigenvalue weighted by atomic mass is 10.1. The summed E-state index contributed by atoms with van der Waals surface area (Å²) in [6, 6.07) is 8.62. The number of hydrogen-bond acceptors (Lipinski definition) is 2. The zero-order chi connectivity index (χ0) is 15.4. The Morgan fingerprint density at radius 2 is 2.05 bits per heavy atom.